The Labute approximate surface area is 245 Å². The number of carbonyl (C=O) groups excluding carboxylic acids is 1. The van der Waals surface area contributed by atoms with Gasteiger partial charge in [-0.3, -0.25) is 4.79 Å². The van der Waals surface area contributed by atoms with Crippen molar-refractivity contribution in [1.82, 2.24) is 20.4 Å². The van der Waals surface area contributed by atoms with Crippen LogP contribution in [0.2, 0.25) is 15.1 Å². The molecule has 5 nitrogen and oxygen atoms in total. The van der Waals surface area contributed by atoms with Gasteiger partial charge in [-0.1, -0.05) is 60.8 Å². The van der Waals surface area contributed by atoms with E-state index >= 15 is 0 Å². The normalized spacial score (nSPS) is 29.1. The first-order valence-corrected chi connectivity index (χ1v) is 14.9. The van der Waals surface area contributed by atoms with Crippen LogP contribution in [0.4, 0.5) is 0 Å². The van der Waals surface area contributed by atoms with E-state index in [-0.39, 0.29) is 11.4 Å². The molecular formula is C31H35Cl3N4O. The van der Waals surface area contributed by atoms with Crippen molar-refractivity contribution in [2.24, 2.45) is 16.7 Å². The van der Waals surface area contributed by atoms with Crippen LogP contribution in [-0.2, 0) is 0 Å². The average Bonchev–Trinajstić information content (AvgIpc) is 3.17. The molecule has 7 rings (SSSR count). The molecule has 2 unspecified atom stereocenters. The number of carbonyl (C=O) groups is 1. The summed E-state index contributed by atoms with van der Waals surface area (Å²) in [6, 6.07) is 12.8. The van der Waals surface area contributed by atoms with Crippen molar-refractivity contribution in [2.75, 3.05) is 13.1 Å². The summed E-state index contributed by atoms with van der Waals surface area (Å²) in [7, 11) is 0. The zero-order valence-electron chi connectivity index (χ0n) is 22.7. The Kier molecular flexibility index (Phi) is 6.82. The molecular weight excluding hydrogens is 551 g/mol. The highest BCUT2D eigenvalue weighted by atomic mass is 35.5. The van der Waals surface area contributed by atoms with Gasteiger partial charge < -0.3 is 10.6 Å². The van der Waals surface area contributed by atoms with Crippen LogP contribution in [0.1, 0.15) is 68.4 Å². The second-order valence-electron chi connectivity index (χ2n) is 12.9. The van der Waals surface area contributed by atoms with Gasteiger partial charge in [0, 0.05) is 39.8 Å². The fourth-order valence-corrected chi connectivity index (χ4v) is 9.33. The van der Waals surface area contributed by atoms with E-state index < -0.39 is 0 Å². The Morgan fingerprint density at radius 3 is 2.26 bits per heavy atom. The summed E-state index contributed by atoms with van der Waals surface area (Å²) in [5.41, 5.74) is 4.59. The van der Waals surface area contributed by atoms with E-state index in [1.54, 1.807) is 16.8 Å². The number of aromatic nitrogens is 2. The molecule has 2 aromatic carbocycles. The van der Waals surface area contributed by atoms with Crippen LogP contribution >= 0.6 is 34.8 Å². The molecule has 0 radical (unpaired) electrons. The summed E-state index contributed by atoms with van der Waals surface area (Å²) in [6.45, 7) is 8.18. The van der Waals surface area contributed by atoms with Crippen molar-refractivity contribution in [1.29, 1.82) is 0 Å². The van der Waals surface area contributed by atoms with Crippen LogP contribution in [0.25, 0.3) is 16.9 Å². The van der Waals surface area contributed by atoms with Gasteiger partial charge in [0.25, 0.3) is 5.91 Å². The molecule has 4 fully saturated rings. The van der Waals surface area contributed by atoms with Gasteiger partial charge >= 0.3 is 0 Å². The Bertz CT molecular complexity index is 1410. The molecule has 3 aromatic rings. The van der Waals surface area contributed by atoms with Gasteiger partial charge in [-0.05, 0) is 92.5 Å². The minimum Gasteiger partial charge on any atom is -0.349 e. The highest BCUT2D eigenvalue weighted by Gasteiger charge is 2.59. The third kappa shape index (κ3) is 5.12. The first-order chi connectivity index (χ1) is 18.5. The lowest BCUT2D eigenvalue weighted by molar-refractivity contribution is -0.117. The van der Waals surface area contributed by atoms with Gasteiger partial charge in [-0.2, -0.15) is 5.10 Å². The summed E-state index contributed by atoms with van der Waals surface area (Å²) >= 11 is 18.9. The minimum absolute atomic E-state index is 0.196. The fourth-order valence-electron chi connectivity index (χ4n) is 8.72. The van der Waals surface area contributed by atoms with Gasteiger partial charge in [0.05, 0.1) is 16.4 Å². The predicted molar refractivity (Wildman–Crippen MR) is 159 cm³/mol. The first kappa shape index (κ1) is 27.1. The Balaban J connectivity index is 1.21. The smallest absolute Gasteiger partial charge is 0.272 e. The van der Waals surface area contributed by atoms with E-state index in [1.807, 2.05) is 37.3 Å². The monoisotopic (exact) mass is 584 g/mol. The summed E-state index contributed by atoms with van der Waals surface area (Å²) in [4.78, 5) is 13.4. The van der Waals surface area contributed by atoms with Crippen LogP contribution in [-0.4, -0.2) is 34.3 Å². The largest absolute Gasteiger partial charge is 0.349 e. The maximum absolute atomic E-state index is 13.4. The number of nitrogens with one attached hydrogen (secondary N) is 2. The number of halogens is 3. The number of amides is 1. The molecule has 39 heavy (non-hydrogen) atoms. The lowest BCUT2D eigenvalue weighted by Crippen LogP contribution is -2.64. The second kappa shape index (κ2) is 9.80. The van der Waals surface area contributed by atoms with E-state index in [1.165, 1.54) is 38.5 Å². The minimum atomic E-state index is -0.196. The van der Waals surface area contributed by atoms with Crippen molar-refractivity contribution in [3.63, 3.8) is 0 Å². The van der Waals surface area contributed by atoms with E-state index in [9.17, 15) is 4.79 Å². The third-order valence-corrected chi connectivity index (χ3v) is 9.92. The van der Waals surface area contributed by atoms with Crippen molar-refractivity contribution in [3.05, 3.63) is 68.8 Å². The number of benzene rings is 2. The molecule has 4 saturated carbocycles. The Morgan fingerprint density at radius 2 is 1.62 bits per heavy atom. The number of nitrogens with zero attached hydrogens (tertiary/aromatic N) is 2. The van der Waals surface area contributed by atoms with Gasteiger partial charge in [-0.15, -0.1) is 0 Å². The van der Waals surface area contributed by atoms with Crippen molar-refractivity contribution in [2.45, 2.75) is 64.8 Å². The molecule has 0 saturated heterocycles. The van der Waals surface area contributed by atoms with E-state index in [4.69, 9.17) is 39.9 Å². The quantitative estimate of drug-likeness (QED) is 0.277. The zero-order chi connectivity index (χ0) is 27.6. The molecule has 8 heteroatoms. The topological polar surface area (TPSA) is 59.0 Å². The van der Waals surface area contributed by atoms with Gasteiger partial charge in [-0.25, -0.2) is 4.68 Å². The van der Waals surface area contributed by atoms with E-state index in [0.29, 0.717) is 43.8 Å². The molecule has 4 aliphatic rings. The van der Waals surface area contributed by atoms with Gasteiger partial charge in [0.15, 0.2) is 5.69 Å². The molecule has 1 aromatic heterocycles. The summed E-state index contributed by atoms with van der Waals surface area (Å²) < 4.78 is 1.72. The van der Waals surface area contributed by atoms with Crippen molar-refractivity contribution >= 4 is 40.7 Å². The summed E-state index contributed by atoms with van der Waals surface area (Å²) in [5.74, 6) is 0.633. The van der Waals surface area contributed by atoms with Crippen LogP contribution < -0.4 is 10.6 Å². The molecule has 1 heterocycles. The van der Waals surface area contributed by atoms with Crippen molar-refractivity contribution in [3.8, 4) is 16.9 Å². The molecule has 206 valence electrons. The van der Waals surface area contributed by atoms with Crippen LogP contribution in [0, 0.1) is 23.7 Å². The maximum Gasteiger partial charge on any atom is 0.272 e. The van der Waals surface area contributed by atoms with Gasteiger partial charge in [0.1, 0.15) is 0 Å². The third-order valence-electron chi connectivity index (χ3n) is 9.13. The zero-order valence-corrected chi connectivity index (χ0v) is 25.0. The predicted octanol–water partition coefficient (Wildman–Crippen LogP) is 7.88. The first-order valence-electron chi connectivity index (χ1n) is 13.8. The second-order valence-corrected chi connectivity index (χ2v) is 14.2. The van der Waals surface area contributed by atoms with E-state index in [0.717, 1.165) is 29.3 Å². The van der Waals surface area contributed by atoms with Crippen molar-refractivity contribution < 1.29 is 4.79 Å². The van der Waals surface area contributed by atoms with E-state index in [2.05, 4.69) is 24.5 Å². The van der Waals surface area contributed by atoms with Crippen LogP contribution in [0.15, 0.2) is 42.5 Å². The molecule has 0 aliphatic heterocycles. The Morgan fingerprint density at radius 1 is 0.949 bits per heavy atom. The molecule has 4 bridgehead atoms. The SMILES string of the molecule is Cc1c(C(=O)NCCNC23CC4CC(C)(CC(C)(C4)C2)C3)nn(-c2ccc(Cl)cc2Cl)c1-c1ccc(Cl)cc1. The van der Waals surface area contributed by atoms with Crippen LogP contribution in [0.5, 0.6) is 0 Å². The average molecular weight is 586 g/mol. The number of hydrogen-bond acceptors (Lipinski definition) is 3. The lowest BCUT2D eigenvalue weighted by Gasteiger charge is -2.65. The van der Waals surface area contributed by atoms with Gasteiger partial charge in [0.2, 0.25) is 0 Å². The highest BCUT2D eigenvalue weighted by Crippen LogP contribution is 2.66. The lowest BCUT2D eigenvalue weighted by atomic mass is 9.43. The molecule has 0 spiro atoms. The molecule has 1 amide bonds. The number of rotatable bonds is 7. The maximum atomic E-state index is 13.4. The molecule has 4 aliphatic carbocycles. The molecule has 2 N–H and O–H groups in total. The fraction of sp³-hybridized carbons (Fsp3) is 0.484. The summed E-state index contributed by atoms with van der Waals surface area (Å²) in [6.07, 6.45) is 7.86. The Hall–Kier alpha value is -2.05. The number of hydrogen-bond donors (Lipinski definition) is 2. The standard InChI is InChI=1S/C31H35Cl3N4O/c1-19-26(28(39)35-10-11-36-31-15-20-13-29(2,17-31)16-30(3,14-20)18-31)37-38(25-9-8-23(33)12-24(25)34)27(19)21-4-6-22(32)7-5-21/h4-9,12,20,36H,10-11,13-18H2,1-3H3,(H,35,39). The summed E-state index contributed by atoms with van der Waals surface area (Å²) in [5, 5.41) is 13.4. The van der Waals surface area contributed by atoms with Crippen LogP contribution in [0.3, 0.4) is 0 Å². The highest BCUT2D eigenvalue weighted by molar-refractivity contribution is 6.35. The molecule has 2 atom stereocenters.